The molecule has 1 saturated heterocycles. The lowest BCUT2D eigenvalue weighted by Gasteiger charge is -2.35. The van der Waals surface area contributed by atoms with Crippen molar-refractivity contribution in [3.8, 4) is 11.5 Å². The Kier molecular flexibility index (Phi) is 5.02. The number of aryl methyl sites for hydroxylation is 2. The molecule has 1 aliphatic rings. The number of carbonyl (C=O) groups is 1. The van der Waals surface area contributed by atoms with Gasteiger partial charge in [-0.2, -0.15) is 0 Å². The topological polar surface area (TPSA) is 69.1 Å². The molecule has 0 radical (unpaired) electrons. The van der Waals surface area contributed by atoms with Crippen LogP contribution in [0.2, 0.25) is 0 Å². The van der Waals surface area contributed by atoms with Crippen molar-refractivity contribution in [1.29, 1.82) is 0 Å². The van der Waals surface area contributed by atoms with Gasteiger partial charge in [-0.05, 0) is 56.5 Å². The highest BCUT2D eigenvalue weighted by atomic mass is 16.2. The second-order valence-corrected chi connectivity index (χ2v) is 8.41. The van der Waals surface area contributed by atoms with Crippen LogP contribution >= 0.6 is 0 Å². The number of para-hydroxylation sites is 1. The van der Waals surface area contributed by atoms with E-state index < -0.39 is 0 Å². The van der Waals surface area contributed by atoms with Gasteiger partial charge < -0.3 is 19.8 Å². The van der Waals surface area contributed by atoms with Gasteiger partial charge in [0, 0.05) is 49.2 Å². The number of amides is 1. The molecule has 6 nitrogen and oxygen atoms in total. The summed E-state index contributed by atoms with van der Waals surface area (Å²) >= 11 is 0. The van der Waals surface area contributed by atoms with E-state index >= 15 is 0 Å². The highest BCUT2D eigenvalue weighted by Gasteiger charge is 2.27. The van der Waals surface area contributed by atoms with E-state index in [1.54, 1.807) is 0 Å². The van der Waals surface area contributed by atoms with Crippen LogP contribution in [-0.4, -0.2) is 44.1 Å². The molecule has 2 aromatic heterocycles. The molecule has 1 aliphatic heterocycles. The Morgan fingerprint density at radius 2 is 1.97 bits per heavy atom. The zero-order chi connectivity index (χ0) is 21.5. The Morgan fingerprint density at radius 3 is 2.77 bits per heavy atom. The van der Waals surface area contributed by atoms with Gasteiger partial charge in [0.25, 0.3) is 5.91 Å². The quantitative estimate of drug-likeness (QED) is 0.544. The number of nitrogens with two attached hydrogens (primary N) is 1. The zero-order valence-corrected chi connectivity index (χ0v) is 18.2. The van der Waals surface area contributed by atoms with E-state index in [0.717, 1.165) is 54.9 Å². The van der Waals surface area contributed by atoms with Crippen molar-refractivity contribution in [3.63, 3.8) is 0 Å². The van der Waals surface area contributed by atoms with Crippen molar-refractivity contribution < 1.29 is 4.79 Å². The van der Waals surface area contributed by atoms with Gasteiger partial charge in [-0.25, -0.2) is 4.98 Å². The molecule has 0 saturated carbocycles. The highest BCUT2D eigenvalue weighted by Crippen LogP contribution is 2.30. The molecule has 2 N–H and O–H groups in total. The summed E-state index contributed by atoms with van der Waals surface area (Å²) in [6.07, 6.45) is 3.17. The third-order valence-corrected chi connectivity index (χ3v) is 6.64. The second kappa shape index (κ2) is 7.85. The predicted octanol–water partition coefficient (Wildman–Crippen LogP) is 4.17. The van der Waals surface area contributed by atoms with E-state index in [1.165, 1.54) is 10.9 Å². The average Bonchev–Trinajstić information content (AvgIpc) is 3.35. The minimum atomic E-state index is 0.0620. The fraction of sp³-hybridized carbons (Fsp3) is 0.360. The van der Waals surface area contributed by atoms with Gasteiger partial charge >= 0.3 is 0 Å². The number of hydrogen-bond acceptors (Lipinski definition) is 3. The van der Waals surface area contributed by atoms with Gasteiger partial charge in [-0.3, -0.25) is 4.79 Å². The summed E-state index contributed by atoms with van der Waals surface area (Å²) in [5, 5.41) is 1.21. The first-order valence-corrected chi connectivity index (χ1v) is 11.2. The Morgan fingerprint density at radius 1 is 1.13 bits per heavy atom. The molecular weight excluding hydrogens is 386 g/mol. The fourth-order valence-corrected chi connectivity index (χ4v) is 4.98. The third-order valence-electron chi connectivity index (χ3n) is 6.64. The van der Waals surface area contributed by atoms with Crippen molar-refractivity contribution in [3.05, 3.63) is 54.1 Å². The summed E-state index contributed by atoms with van der Waals surface area (Å²) in [5.41, 5.74) is 10.8. The summed E-state index contributed by atoms with van der Waals surface area (Å²) in [6.45, 7) is 4.32. The Hall–Kier alpha value is -3.12. The molecule has 4 aromatic rings. The van der Waals surface area contributed by atoms with E-state index in [-0.39, 0.29) is 11.9 Å². The summed E-state index contributed by atoms with van der Waals surface area (Å²) in [7, 11) is 2.04. The molecule has 6 heteroatoms. The Bertz CT molecular complexity index is 1270. The molecule has 2 aromatic carbocycles. The number of hydrogen-bond donors (Lipinski definition) is 1. The number of rotatable bonds is 4. The average molecular weight is 416 g/mol. The van der Waals surface area contributed by atoms with Gasteiger partial charge in [0.05, 0.1) is 16.7 Å². The SMILES string of the molecule is CCn1c(-c2nc3cc(C(=O)N4CCCC[C@@H]4CN)ccc3n2C)cc2ccccc21. The van der Waals surface area contributed by atoms with Crippen LogP contribution in [0, 0.1) is 0 Å². The largest absolute Gasteiger partial charge is 0.338 e. The van der Waals surface area contributed by atoms with E-state index in [2.05, 4.69) is 46.4 Å². The Labute approximate surface area is 182 Å². The smallest absolute Gasteiger partial charge is 0.254 e. The molecule has 1 amide bonds. The number of likely N-dealkylation sites (tertiary alicyclic amines) is 1. The van der Waals surface area contributed by atoms with Crippen molar-refractivity contribution >= 4 is 27.8 Å². The maximum atomic E-state index is 13.2. The summed E-state index contributed by atoms with van der Waals surface area (Å²) < 4.78 is 4.41. The second-order valence-electron chi connectivity index (χ2n) is 8.41. The lowest BCUT2D eigenvalue weighted by molar-refractivity contribution is 0.0623. The summed E-state index contributed by atoms with van der Waals surface area (Å²) in [6, 6.07) is 16.6. The van der Waals surface area contributed by atoms with Crippen LogP contribution in [0.15, 0.2) is 48.5 Å². The molecular formula is C25H29N5O. The molecule has 0 unspecified atom stereocenters. The maximum Gasteiger partial charge on any atom is 0.254 e. The minimum Gasteiger partial charge on any atom is -0.338 e. The molecule has 1 fully saturated rings. The molecule has 3 heterocycles. The van der Waals surface area contributed by atoms with E-state index in [9.17, 15) is 4.79 Å². The van der Waals surface area contributed by atoms with Gasteiger partial charge in [0.1, 0.15) is 0 Å². The molecule has 0 aliphatic carbocycles. The van der Waals surface area contributed by atoms with Crippen LogP contribution in [0.4, 0.5) is 0 Å². The van der Waals surface area contributed by atoms with Crippen molar-refractivity contribution in [1.82, 2.24) is 19.0 Å². The van der Waals surface area contributed by atoms with E-state index in [4.69, 9.17) is 10.7 Å². The molecule has 5 rings (SSSR count). The lowest BCUT2D eigenvalue weighted by atomic mass is 10.0. The van der Waals surface area contributed by atoms with Gasteiger partial charge in [0.15, 0.2) is 5.82 Å². The number of aromatic nitrogens is 3. The van der Waals surface area contributed by atoms with Crippen LogP contribution in [0.25, 0.3) is 33.5 Å². The number of imidazole rings is 1. The van der Waals surface area contributed by atoms with Crippen molar-refractivity contribution in [2.75, 3.05) is 13.1 Å². The number of fused-ring (bicyclic) bond motifs is 2. The third kappa shape index (κ3) is 3.22. The van der Waals surface area contributed by atoms with Crippen molar-refractivity contribution in [2.24, 2.45) is 12.8 Å². The Balaban J connectivity index is 1.57. The van der Waals surface area contributed by atoms with Gasteiger partial charge in [-0.15, -0.1) is 0 Å². The maximum absolute atomic E-state index is 13.2. The van der Waals surface area contributed by atoms with E-state index in [1.807, 2.05) is 30.1 Å². The van der Waals surface area contributed by atoms with Crippen LogP contribution in [-0.2, 0) is 13.6 Å². The van der Waals surface area contributed by atoms with Crippen molar-refractivity contribution in [2.45, 2.75) is 38.8 Å². The first-order valence-electron chi connectivity index (χ1n) is 11.2. The zero-order valence-electron chi connectivity index (χ0n) is 18.2. The predicted molar refractivity (Wildman–Crippen MR) is 125 cm³/mol. The number of benzene rings is 2. The van der Waals surface area contributed by atoms with Gasteiger partial charge in [-0.1, -0.05) is 18.2 Å². The highest BCUT2D eigenvalue weighted by molar-refractivity contribution is 5.98. The molecule has 0 spiro atoms. The summed E-state index contributed by atoms with van der Waals surface area (Å²) in [4.78, 5) is 20.1. The standard InChI is InChI=1S/C25H29N5O/c1-3-29-21-10-5-4-8-17(21)15-23(29)24-27-20-14-18(11-12-22(20)28(24)2)25(31)30-13-7-6-9-19(30)16-26/h4-5,8,10-12,14-15,19H,3,6-7,9,13,16,26H2,1-2H3/t19-/m1/s1. The number of nitrogens with zero attached hydrogens (tertiary/aromatic N) is 4. The van der Waals surface area contributed by atoms with Crippen LogP contribution in [0.5, 0.6) is 0 Å². The van der Waals surface area contributed by atoms with Crippen LogP contribution in [0.3, 0.4) is 0 Å². The minimum absolute atomic E-state index is 0.0620. The first kappa shape index (κ1) is 19.8. The van der Waals surface area contributed by atoms with Gasteiger partial charge in [0.2, 0.25) is 0 Å². The molecule has 160 valence electrons. The summed E-state index contributed by atoms with van der Waals surface area (Å²) in [5.74, 6) is 0.974. The fourth-order valence-electron chi connectivity index (χ4n) is 4.98. The van der Waals surface area contributed by atoms with E-state index in [0.29, 0.717) is 12.1 Å². The van der Waals surface area contributed by atoms with Crippen LogP contribution in [0.1, 0.15) is 36.5 Å². The number of carbonyl (C=O) groups excluding carboxylic acids is 1. The lowest BCUT2D eigenvalue weighted by Crippen LogP contribution is -2.47. The monoisotopic (exact) mass is 415 g/mol. The number of piperidine rings is 1. The molecule has 0 bridgehead atoms. The normalized spacial score (nSPS) is 17.0. The van der Waals surface area contributed by atoms with Crippen LogP contribution < -0.4 is 5.73 Å². The first-order chi connectivity index (χ1) is 15.1. The molecule has 1 atom stereocenters. The molecule has 31 heavy (non-hydrogen) atoms.